The summed E-state index contributed by atoms with van der Waals surface area (Å²) in [6.07, 6.45) is 0.243. The standard InChI is InChI=1S/C14H21N3O2/c1-14(2,16-4)13(19)17-11-8-6-5-7-10(11)9-12(18)15-3/h5-8,16H,9H2,1-4H3,(H,15,18)(H,17,19). The molecule has 3 N–H and O–H groups in total. The molecule has 19 heavy (non-hydrogen) atoms. The summed E-state index contributed by atoms with van der Waals surface area (Å²) in [5.41, 5.74) is 0.793. The number of carbonyl (C=O) groups is 2. The van der Waals surface area contributed by atoms with Crippen molar-refractivity contribution in [2.24, 2.45) is 0 Å². The fraction of sp³-hybridized carbons (Fsp3) is 0.429. The number of hydrogen-bond acceptors (Lipinski definition) is 3. The van der Waals surface area contributed by atoms with E-state index in [2.05, 4.69) is 16.0 Å². The van der Waals surface area contributed by atoms with Gasteiger partial charge in [-0.15, -0.1) is 0 Å². The van der Waals surface area contributed by atoms with Crippen molar-refractivity contribution in [2.45, 2.75) is 25.8 Å². The fourth-order valence-corrected chi connectivity index (χ4v) is 1.45. The first-order valence-corrected chi connectivity index (χ1v) is 6.19. The number of benzene rings is 1. The van der Waals surface area contributed by atoms with Crippen molar-refractivity contribution in [3.05, 3.63) is 29.8 Å². The van der Waals surface area contributed by atoms with E-state index in [4.69, 9.17) is 0 Å². The van der Waals surface area contributed by atoms with E-state index in [1.165, 1.54) is 0 Å². The quantitative estimate of drug-likeness (QED) is 0.739. The monoisotopic (exact) mass is 263 g/mol. The lowest BCUT2D eigenvalue weighted by Gasteiger charge is -2.23. The number of hydrogen-bond donors (Lipinski definition) is 3. The van der Waals surface area contributed by atoms with Gasteiger partial charge in [-0.3, -0.25) is 9.59 Å². The average molecular weight is 263 g/mol. The Kier molecular flexibility index (Phi) is 5.06. The topological polar surface area (TPSA) is 70.2 Å². The molecular formula is C14H21N3O2. The van der Waals surface area contributed by atoms with Crippen molar-refractivity contribution < 1.29 is 9.59 Å². The molecule has 1 aromatic carbocycles. The second-order valence-corrected chi connectivity index (χ2v) is 4.84. The Morgan fingerprint density at radius 3 is 2.37 bits per heavy atom. The van der Waals surface area contributed by atoms with Gasteiger partial charge in [-0.2, -0.15) is 0 Å². The Balaban J connectivity index is 2.89. The lowest BCUT2D eigenvalue weighted by Crippen LogP contribution is -2.48. The molecule has 0 radical (unpaired) electrons. The Morgan fingerprint density at radius 1 is 1.16 bits per heavy atom. The summed E-state index contributed by atoms with van der Waals surface area (Å²) in [4.78, 5) is 23.5. The molecule has 0 aromatic heterocycles. The third kappa shape index (κ3) is 4.06. The molecule has 0 heterocycles. The lowest BCUT2D eigenvalue weighted by atomic mass is 10.0. The van der Waals surface area contributed by atoms with Gasteiger partial charge in [0.15, 0.2) is 0 Å². The van der Waals surface area contributed by atoms with Gasteiger partial charge in [0.25, 0.3) is 0 Å². The summed E-state index contributed by atoms with van der Waals surface area (Å²) >= 11 is 0. The number of amides is 2. The van der Waals surface area contributed by atoms with Crippen LogP contribution < -0.4 is 16.0 Å². The highest BCUT2D eigenvalue weighted by atomic mass is 16.2. The molecule has 0 fully saturated rings. The zero-order valence-electron chi connectivity index (χ0n) is 11.8. The molecule has 0 aliphatic rings. The maximum Gasteiger partial charge on any atom is 0.244 e. The zero-order valence-corrected chi connectivity index (χ0v) is 11.8. The van der Waals surface area contributed by atoms with Crippen molar-refractivity contribution in [3.8, 4) is 0 Å². The van der Waals surface area contributed by atoms with E-state index in [9.17, 15) is 9.59 Å². The molecule has 0 atom stereocenters. The van der Waals surface area contributed by atoms with Crippen LogP contribution in [0.2, 0.25) is 0 Å². The summed E-state index contributed by atoms with van der Waals surface area (Å²) in [7, 11) is 3.32. The Hall–Kier alpha value is -1.88. The van der Waals surface area contributed by atoms with Gasteiger partial charge < -0.3 is 16.0 Å². The van der Waals surface area contributed by atoms with Gasteiger partial charge in [-0.1, -0.05) is 18.2 Å². The second-order valence-electron chi connectivity index (χ2n) is 4.84. The average Bonchev–Trinajstić information content (AvgIpc) is 2.40. The van der Waals surface area contributed by atoms with Crippen molar-refractivity contribution >= 4 is 17.5 Å². The summed E-state index contributed by atoms with van der Waals surface area (Å²) in [5.74, 6) is -0.228. The molecule has 5 heteroatoms. The van der Waals surface area contributed by atoms with E-state index in [-0.39, 0.29) is 18.2 Å². The van der Waals surface area contributed by atoms with Crippen LogP contribution in [0.4, 0.5) is 5.69 Å². The van der Waals surface area contributed by atoms with Gasteiger partial charge >= 0.3 is 0 Å². The van der Waals surface area contributed by atoms with Crippen LogP contribution in [-0.4, -0.2) is 31.4 Å². The summed E-state index contributed by atoms with van der Waals surface area (Å²) < 4.78 is 0. The third-order valence-electron chi connectivity index (χ3n) is 3.09. The van der Waals surface area contributed by atoms with Gasteiger partial charge in [-0.25, -0.2) is 0 Å². The van der Waals surface area contributed by atoms with Crippen molar-refractivity contribution in [1.29, 1.82) is 0 Å². The van der Waals surface area contributed by atoms with Crippen LogP contribution in [0.3, 0.4) is 0 Å². The molecule has 5 nitrogen and oxygen atoms in total. The highest BCUT2D eigenvalue weighted by molar-refractivity contribution is 5.98. The van der Waals surface area contributed by atoms with E-state index >= 15 is 0 Å². The Labute approximate surface area is 113 Å². The minimum atomic E-state index is -0.667. The minimum absolute atomic E-state index is 0.0884. The SMILES string of the molecule is CNC(=O)Cc1ccccc1NC(=O)C(C)(C)NC. The first-order chi connectivity index (χ1) is 8.90. The van der Waals surface area contributed by atoms with Gasteiger partial charge in [0.2, 0.25) is 11.8 Å². The molecule has 0 aliphatic heterocycles. The normalized spacial score (nSPS) is 10.9. The predicted molar refractivity (Wildman–Crippen MR) is 76.0 cm³/mol. The number of nitrogens with one attached hydrogen (secondary N) is 3. The van der Waals surface area contributed by atoms with Crippen LogP contribution in [0, 0.1) is 0 Å². The molecule has 1 aromatic rings. The molecule has 0 unspecified atom stereocenters. The van der Waals surface area contributed by atoms with Gasteiger partial charge in [0.05, 0.1) is 12.0 Å². The van der Waals surface area contributed by atoms with E-state index < -0.39 is 5.54 Å². The smallest absolute Gasteiger partial charge is 0.244 e. The van der Waals surface area contributed by atoms with E-state index in [1.807, 2.05) is 18.2 Å². The molecule has 0 saturated heterocycles. The van der Waals surface area contributed by atoms with Gasteiger partial charge in [0.1, 0.15) is 0 Å². The molecule has 104 valence electrons. The number of likely N-dealkylation sites (N-methyl/N-ethyl adjacent to an activating group) is 2. The third-order valence-corrected chi connectivity index (χ3v) is 3.09. The zero-order chi connectivity index (χ0) is 14.5. The molecule has 0 bridgehead atoms. The predicted octanol–water partition coefficient (Wildman–Crippen LogP) is 0.912. The van der Waals surface area contributed by atoms with Crippen LogP contribution in [0.15, 0.2) is 24.3 Å². The largest absolute Gasteiger partial charge is 0.359 e. The summed E-state index contributed by atoms with van der Waals surface area (Å²) in [6.45, 7) is 3.59. The van der Waals surface area contributed by atoms with Crippen LogP contribution in [0.25, 0.3) is 0 Å². The molecule has 2 amide bonds. The fourth-order valence-electron chi connectivity index (χ4n) is 1.45. The van der Waals surface area contributed by atoms with E-state index in [0.717, 1.165) is 5.56 Å². The maximum atomic E-state index is 12.1. The Morgan fingerprint density at radius 2 is 1.79 bits per heavy atom. The molecule has 0 spiro atoms. The molecular weight excluding hydrogens is 242 g/mol. The lowest BCUT2D eigenvalue weighted by molar-refractivity contribution is -0.121. The summed E-state index contributed by atoms with van der Waals surface area (Å²) in [6, 6.07) is 7.30. The van der Waals surface area contributed by atoms with Crippen LogP contribution in [-0.2, 0) is 16.0 Å². The first-order valence-electron chi connectivity index (χ1n) is 6.19. The van der Waals surface area contributed by atoms with Crippen molar-refractivity contribution in [2.75, 3.05) is 19.4 Å². The van der Waals surface area contributed by atoms with Gasteiger partial charge in [-0.05, 0) is 32.5 Å². The van der Waals surface area contributed by atoms with Crippen molar-refractivity contribution in [1.82, 2.24) is 10.6 Å². The van der Waals surface area contributed by atoms with Gasteiger partial charge in [0, 0.05) is 12.7 Å². The summed E-state index contributed by atoms with van der Waals surface area (Å²) in [5, 5.41) is 8.36. The minimum Gasteiger partial charge on any atom is -0.359 e. The second kappa shape index (κ2) is 6.33. The van der Waals surface area contributed by atoms with Crippen LogP contribution >= 0.6 is 0 Å². The van der Waals surface area contributed by atoms with E-state index in [1.54, 1.807) is 34.0 Å². The number of para-hydroxylation sites is 1. The number of anilines is 1. The molecule has 1 rings (SSSR count). The van der Waals surface area contributed by atoms with Crippen LogP contribution in [0.1, 0.15) is 19.4 Å². The molecule has 0 aliphatic carbocycles. The highest BCUT2D eigenvalue weighted by Crippen LogP contribution is 2.17. The van der Waals surface area contributed by atoms with E-state index in [0.29, 0.717) is 5.69 Å². The number of carbonyl (C=O) groups excluding carboxylic acids is 2. The van der Waals surface area contributed by atoms with Crippen LogP contribution in [0.5, 0.6) is 0 Å². The van der Waals surface area contributed by atoms with Crippen molar-refractivity contribution in [3.63, 3.8) is 0 Å². The number of rotatable bonds is 5. The molecule has 0 saturated carbocycles. The Bertz CT molecular complexity index is 470. The first kappa shape index (κ1) is 15.2. The maximum absolute atomic E-state index is 12.1. The highest BCUT2D eigenvalue weighted by Gasteiger charge is 2.25.